The van der Waals surface area contributed by atoms with Crippen molar-refractivity contribution < 1.29 is 0 Å². The van der Waals surface area contributed by atoms with Gasteiger partial charge in [0.05, 0.1) is 0 Å². The average Bonchev–Trinajstić information content (AvgIpc) is 2.29. The van der Waals surface area contributed by atoms with E-state index in [2.05, 4.69) is 59.8 Å². The van der Waals surface area contributed by atoms with E-state index in [0.29, 0.717) is 0 Å². The summed E-state index contributed by atoms with van der Waals surface area (Å²) >= 11 is 3.59. The lowest BCUT2D eigenvalue weighted by Gasteiger charge is -2.07. The quantitative estimate of drug-likeness (QED) is 0.727. The van der Waals surface area contributed by atoms with Crippen LogP contribution in [0.3, 0.4) is 0 Å². The molecule has 0 fully saturated rings. The maximum Gasteiger partial charge on any atom is 0.0254 e. The van der Waals surface area contributed by atoms with Crippen LogP contribution in [0.25, 0.3) is 16.8 Å². The van der Waals surface area contributed by atoms with Gasteiger partial charge in [0.25, 0.3) is 0 Å². The molecule has 1 heteroatoms. The molecule has 0 aromatic heterocycles. The molecule has 0 unspecified atom stereocenters. The maximum absolute atomic E-state index is 3.79. The van der Waals surface area contributed by atoms with E-state index in [4.69, 9.17) is 0 Å². The first-order valence-electron chi connectivity index (χ1n) is 5.10. The second kappa shape index (κ2) is 4.19. The van der Waals surface area contributed by atoms with Gasteiger partial charge < -0.3 is 0 Å². The minimum Gasteiger partial charge on any atom is -0.0985 e. The number of aryl methyl sites for hydroxylation is 1. The average molecular weight is 261 g/mol. The van der Waals surface area contributed by atoms with E-state index >= 15 is 0 Å². The van der Waals surface area contributed by atoms with E-state index in [-0.39, 0.29) is 0 Å². The van der Waals surface area contributed by atoms with Crippen LogP contribution in [0.5, 0.6) is 0 Å². The monoisotopic (exact) mass is 260 g/mol. The van der Waals surface area contributed by atoms with Crippen molar-refractivity contribution in [2.45, 2.75) is 13.3 Å². The number of hydrogen-bond donors (Lipinski definition) is 0. The van der Waals surface area contributed by atoms with E-state index in [0.717, 1.165) is 16.5 Å². The van der Waals surface area contributed by atoms with Crippen LogP contribution in [0.4, 0.5) is 0 Å². The number of fused-ring (bicyclic) bond motifs is 1. The van der Waals surface area contributed by atoms with Crippen molar-refractivity contribution in [1.29, 1.82) is 0 Å². The Morgan fingerprint density at radius 3 is 2.67 bits per heavy atom. The highest BCUT2D eigenvalue weighted by molar-refractivity contribution is 9.10. The summed E-state index contributed by atoms with van der Waals surface area (Å²) in [5.74, 6) is 0. The molecule has 0 atom stereocenters. The van der Waals surface area contributed by atoms with Gasteiger partial charge in [-0.1, -0.05) is 53.7 Å². The van der Waals surface area contributed by atoms with Gasteiger partial charge >= 0.3 is 0 Å². The van der Waals surface area contributed by atoms with Crippen molar-refractivity contribution >= 4 is 32.8 Å². The van der Waals surface area contributed by atoms with E-state index in [9.17, 15) is 0 Å². The molecule has 0 saturated carbocycles. The Hall–Kier alpha value is -1.08. The van der Waals surface area contributed by atoms with Gasteiger partial charge in [-0.3, -0.25) is 0 Å². The van der Waals surface area contributed by atoms with Crippen molar-refractivity contribution in [3.8, 4) is 0 Å². The smallest absolute Gasteiger partial charge is 0.0254 e. The van der Waals surface area contributed by atoms with Crippen molar-refractivity contribution in [3.05, 3.63) is 52.5 Å². The predicted octanol–water partition coefficient (Wildman–Crippen LogP) is 4.81. The SMILES string of the molecule is C=Cc1ccc2c(CC)ccc(Br)c2c1. The molecule has 0 spiro atoms. The van der Waals surface area contributed by atoms with Crippen LogP contribution in [0.1, 0.15) is 18.1 Å². The molecule has 0 heterocycles. The molecule has 2 rings (SSSR count). The van der Waals surface area contributed by atoms with Crippen LogP contribution in [0, 0.1) is 0 Å². The van der Waals surface area contributed by atoms with Crippen LogP contribution in [0.15, 0.2) is 41.4 Å². The third kappa shape index (κ3) is 1.84. The van der Waals surface area contributed by atoms with E-state index < -0.39 is 0 Å². The lowest BCUT2D eigenvalue weighted by molar-refractivity contribution is 1.16. The minimum absolute atomic E-state index is 1.07. The highest BCUT2D eigenvalue weighted by Crippen LogP contribution is 2.28. The first-order chi connectivity index (χ1) is 7.26. The van der Waals surface area contributed by atoms with Crippen LogP contribution in [-0.2, 0) is 6.42 Å². The molecular weight excluding hydrogens is 248 g/mol. The summed E-state index contributed by atoms with van der Waals surface area (Å²) < 4.78 is 1.15. The topological polar surface area (TPSA) is 0 Å². The van der Waals surface area contributed by atoms with Gasteiger partial charge in [-0.05, 0) is 40.5 Å². The van der Waals surface area contributed by atoms with Crippen LogP contribution in [0.2, 0.25) is 0 Å². The van der Waals surface area contributed by atoms with Gasteiger partial charge in [0, 0.05) is 4.47 Å². The van der Waals surface area contributed by atoms with Crippen LogP contribution >= 0.6 is 15.9 Å². The lowest BCUT2D eigenvalue weighted by Crippen LogP contribution is -1.85. The standard InChI is InChI=1S/C14H13Br/c1-3-10-5-7-12-11(4-2)6-8-14(15)13(12)9-10/h3,5-9H,1,4H2,2H3. The van der Waals surface area contributed by atoms with Crippen LogP contribution < -0.4 is 0 Å². The summed E-state index contributed by atoms with van der Waals surface area (Å²) in [5, 5.41) is 2.60. The van der Waals surface area contributed by atoms with E-state index in [1.165, 1.54) is 16.3 Å². The number of hydrogen-bond acceptors (Lipinski definition) is 0. The highest BCUT2D eigenvalue weighted by Gasteiger charge is 2.03. The zero-order valence-corrected chi connectivity index (χ0v) is 10.3. The summed E-state index contributed by atoms with van der Waals surface area (Å²) in [6.07, 6.45) is 2.95. The summed E-state index contributed by atoms with van der Waals surface area (Å²) in [6.45, 7) is 5.98. The molecular formula is C14H13Br. The first-order valence-corrected chi connectivity index (χ1v) is 5.89. The molecule has 0 N–H and O–H groups in total. The second-order valence-electron chi connectivity index (χ2n) is 3.57. The molecule has 0 nitrogen and oxygen atoms in total. The number of rotatable bonds is 2. The van der Waals surface area contributed by atoms with Crippen molar-refractivity contribution in [2.75, 3.05) is 0 Å². The van der Waals surface area contributed by atoms with E-state index in [1.807, 2.05) is 6.08 Å². The Kier molecular flexibility index (Phi) is 2.92. The van der Waals surface area contributed by atoms with Gasteiger partial charge in [0.2, 0.25) is 0 Å². The first kappa shape index (κ1) is 10.4. The fourth-order valence-corrected chi connectivity index (χ4v) is 2.29. The zero-order valence-electron chi connectivity index (χ0n) is 8.76. The lowest BCUT2D eigenvalue weighted by atomic mass is 10.0. The minimum atomic E-state index is 1.07. The van der Waals surface area contributed by atoms with Gasteiger partial charge in [-0.25, -0.2) is 0 Å². The highest BCUT2D eigenvalue weighted by atomic mass is 79.9. The Morgan fingerprint density at radius 2 is 2.00 bits per heavy atom. The fourth-order valence-electron chi connectivity index (χ4n) is 1.83. The number of halogens is 1. The Balaban J connectivity index is 2.81. The Labute approximate surface area is 98.8 Å². The summed E-state index contributed by atoms with van der Waals surface area (Å²) in [5.41, 5.74) is 2.56. The third-order valence-electron chi connectivity index (χ3n) is 2.69. The normalized spacial score (nSPS) is 10.5. The largest absolute Gasteiger partial charge is 0.0985 e. The van der Waals surface area contributed by atoms with E-state index in [1.54, 1.807) is 0 Å². The summed E-state index contributed by atoms with van der Waals surface area (Å²) in [7, 11) is 0. The van der Waals surface area contributed by atoms with Crippen molar-refractivity contribution in [3.63, 3.8) is 0 Å². The summed E-state index contributed by atoms with van der Waals surface area (Å²) in [4.78, 5) is 0. The third-order valence-corrected chi connectivity index (χ3v) is 3.39. The molecule has 0 amide bonds. The van der Waals surface area contributed by atoms with Gasteiger partial charge in [-0.2, -0.15) is 0 Å². The Morgan fingerprint density at radius 1 is 1.20 bits per heavy atom. The predicted molar refractivity (Wildman–Crippen MR) is 71.1 cm³/mol. The molecule has 2 aromatic rings. The van der Waals surface area contributed by atoms with Crippen molar-refractivity contribution in [1.82, 2.24) is 0 Å². The molecule has 0 aliphatic rings. The molecule has 0 aliphatic heterocycles. The van der Waals surface area contributed by atoms with Gasteiger partial charge in [0.1, 0.15) is 0 Å². The molecule has 0 aliphatic carbocycles. The molecule has 0 radical (unpaired) electrons. The summed E-state index contributed by atoms with van der Waals surface area (Å²) in [6, 6.07) is 10.8. The molecule has 0 saturated heterocycles. The van der Waals surface area contributed by atoms with Gasteiger partial charge in [0.15, 0.2) is 0 Å². The second-order valence-corrected chi connectivity index (χ2v) is 4.42. The van der Waals surface area contributed by atoms with Gasteiger partial charge in [-0.15, -0.1) is 0 Å². The maximum atomic E-state index is 3.79. The molecule has 2 aromatic carbocycles. The molecule has 15 heavy (non-hydrogen) atoms. The molecule has 76 valence electrons. The van der Waals surface area contributed by atoms with Crippen molar-refractivity contribution in [2.24, 2.45) is 0 Å². The Bertz CT molecular complexity index is 512. The zero-order chi connectivity index (χ0) is 10.8. The molecule has 0 bridgehead atoms. The fraction of sp³-hybridized carbons (Fsp3) is 0.143. The van der Waals surface area contributed by atoms with Crippen LogP contribution in [-0.4, -0.2) is 0 Å². The number of benzene rings is 2.